The molecule has 0 atom stereocenters. The van der Waals surface area contributed by atoms with Gasteiger partial charge in [0.25, 0.3) is 0 Å². The molecule has 0 fully saturated rings. The van der Waals surface area contributed by atoms with E-state index in [2.05, 4.69) is 5.32 Å². The summed E-state index contributed by atoms with van der Waals surface area (Å²) in [6.07, 6.45) is 1.11. The summed E-state index contributed by atoms with van der Waals surface area (Å²) in [4.78, 5) is 36.6. The van der Waals surface area contributed by atoms with Crippen LogP contribution in [-0.2, 0) is 25.5 Å². The van der Waals surface area contributed by atoms with Crippen LogP contribution in [0.25, 0.3) is 0 Å². The highest BCUT2D eigenvalue weighted by Crippen LogP contribution is 2.05. The molecule has 1 N–H and O–H groups in total. The number of amides is 2. The summed E-state index contributed by atoms with van der Waals surface area (Å²) in [5.74, 6) is -0.436. The zero-order chi connectivity index (χ0) is 17.8. The molecule has 0 aliphatic heterocycles. The normalized spacial score (nSPS) is 10.1. The Balaban J connectivity index is 2.55. The molecule has 0 unspecified atom stereocenters. The minimum absolute atomic E-state index is 0.0340. The number of rotatable bonds is 10. The van der Waals surface area contributed by atoms with Crippen molar-refractivity contribution in [1.29, 1.82) is 0 Å². The maximum absolute atomic E-state index is 12.5. The molecule has 0 aromatic heterocycles. The third-order valence-electron chi connectivity index (χ3n) is 3.42. The molecule has 1 aromatic rings. The van der Waals surface area contributed by atoms with Gasteiger partial charge in [-0.15, -0.1) is 0 Å². The van der Waals surface area contributed by atoms with Gasteiger partial charge in [-0.1, -0.05) is 30.3 Å². The Morgan fingerprint density at radius 1 is 1.12 bits per heavy atom. The first kappa shape index (κ1) is 19.7. The van der Waals surface area contributed by atoms with E-state index < -0.39 is 0 Å². The predicted molar refractivity (Wildman–Crippen MR) is 91.3 cm³/mol. The first-order valence-electron chi connectivity index (χ1n) is 8.24. The molecule has 0 aliphatic rings. The van der Waals surface area contributed by atoms with Crippen molar-refractivity contribution in [3.63, 3.8) is 0 Å². The second-order valence-corrected chi connectivity index (χ2v) is 5.43. The second-order valence-electron chi connectivity index (χ2n) is 5.43. The van der Waals surface area contributed by atoms with E-state index in [0.717, 1.165) is 5.56 Å². The summed E-state index contributed by atoms with van der Waals surface area (Å²) in [6, 6.07) is 9.49. The number of esters is 1. The van der Waals surface area contributed by atoms with Crippen LogP contribution in [0, 0.1) is 0 Å². The van der Waals surface area contributed by atoms with Gasteiger partial charge >= 0.3 is 5.97 Å². The van der Waals surface area contributed by atoms with E-state index in [1.165, 1.54) is 6.92 Å². The second kappa shape index (κ2) is 11.2. The van der Waals surface area contributed by atoms with Crippen LogP contribution >= 0.6 is 0 Å². The first-order valence-corrected chi connectivity index (χ1v) is 8.24. The highest BCUT2D eigenvalue weighted by atomic mass is 16.5. The van der Waals surface area contributed by atoms with Crippen LogP contribution in [0.15, 0.2) is 30.3 Å². The van der Waals surface area contributed by atoms with Gasteiger partial charge in [0.15, 0.2) is 0 Å². The molecular weight excluding hydrogens is 308 g/mol. The highest BCUT2D eigenvalue weighted by Gasteiger charge is 2.15. The van der Waals surface area contributed by atoms with Gasteiger partial charge in [0.1, 0.15) is 0 Å². The van der Waals surface area contributed by atoms with Crippen molar-refractivity contribution >= 4 is 17.8 Å². The third kappa shape index (κ3) is 8.31. The van der Waals surface area contributed by atoms with Gasteiger partial charge in [0.05, 0.1) is 19.4 Å². The van der Waals surface area contributed by atoms with E-state index in [4.69, 9.17) is 4.74 Å². The van der Waals surface area contributed by atoms with Crippen molar-refractivity contribution in [2.45, 2.75) is 33.1 Å². The minimum Gasteiger partial charge on any atom is -0.466 e. The fourth-order valence-electron chi connectivity index (χ4n) is 2.24. The highest BCUT2D eigenvalue weighted by molar-refractivity contribution is 5.79. The molecule has 0 heterocycles. The van der Waals surface area contributed by atoms with E-state index in [-0.39, 0.29) is 24.2 Å². The zero-order valence-corrected chi connectivity index (χ0v) is 14.4. The van der Waals surface area contributed by atoms with E-state index in [1.54, 1.807) is 11.8 Å². The van der Waals surface area contributed by atoms with E-state index in [9.17, 15) is 14.4 Å². The number of nitrogens with one attached hydrogen (secondary N) is 1. The SMILES string of the molecule is CCOC(=O)CCN(CCCNC(C)=O)C(=O)Cc1ccccc1. The van der Waals surface area contributed by atoms with Crippen molar-refractivity contribution in [2.75, 3.05) is 26.2 Å². The van der Waals surface area contributed by atoms with Gasteiger partial charge in [0, 0.05) is 26.6 Å². The molecule has 0 aliphatic carbocycles. The van der Waals surface area contributed by atoms with Crippen LogP contribution in [0.3, 0.4) is 0 Å². The Morgan fingerprint density at radius 2 is 1.83 bits per heavy atom. The quantitative estimate of drug-likeness (QED) is 0.520. The van der Waals surface area contributed by atoms with Gasteiger partial charge < -0.3 is 15.0 Å². The van der Waals surface area contributed by atoms with Gasteiger partial charge in [-0.2, -0.15) is 0 Å². The maximum atomic E-state index is 12.5. The lowest BCUT2D eigenvalue weighted by Gasteiger charge is -2.22. The smallest absolute Gasteiger partial charge is 0.307 e. The Hall–Kier alpha value is -2.37. The van der Waals surface area contributed by atoms with Gasteiger partial charge in [-0.05, 0) is 18.9 Å². The Bertz CT molecular complexity index is 531. The van der Waals surface area contributed by atoms with Crippen LogP contribution < -0.4 is 5.32 Å². The molecule has 0 bridgehead atoms. The monoisotopic (exact) mass is 334 g/mol. The first-order chi connectivity index (χ1) is 11.5. The molecule has 0 spiro atoms. The fourth-order valence-corrected chi connectivity index (χ4v) is 2.24. The average Bonchev–Trinajstić information content (AvgIpc) is 2.55. The summed E-state index contributed by atoms with van der Waals surface area (Å²) >= 11 is 0. The van der Waals surface area contributed by atoms with Crippen LogP contribution in [0.5, 0.6) is 0 Å². The molecule has 132 valence electrons. The number of hydrogen-bond acceptors (Lipinski definition) is 4. The van der Waals surface area contributed by atoms with Crippen LogP contribution in [0.1, 0.15) is 32.3 Å². The number of ether oxygens (including phenoxy) is 1. The fraction of sp³-hybridized carbons (Fsp3) is 0.500. The van der Waals surface area contributed by atoms with Crippen molar-refractivity contribution in [3.8, 4) is 0 Å². The minimum atomic E-state index is -0.308. The lowest BCUT2D eigenvalue weighted by Crippen LogP contribution is -2.36. The van der Waals surface area contributed by atoms with Crippen molar-refractivity contribution in [2.24, 2.45) is 0 Å². The summed E-state index contributed by atoms with van der Waals surface area (Å²) in [5.41, 5.74) is 0.936. The van der Waals surface area contributed by atoms with E-state index >= 15 is 0 Å². The van der Waals surface area contributed by atoms with Gasteiger partial charge in [-0.25, -0.2) is 0 Å². The van der Waals surface area contributed by atoms with Gasteiger partial charge in [0.2, 0.25) is 11.8 Å². The average molecular weight is 334 g/mol. The molecular formula is C18H26N2O4. The molecule has 6 nitrogen and oxygen atoms in total. The van der Waals surface area contributed by atoms with Crippen LogP contribution in [0.4, 0.5) is 0 Å². The lowest BCUT2D eigenvalue weighted by molar-refractivity contribution is -0.144. The molecule has 2 amide bonds. The maximum Gasteiger partial charge on any atom is 0.307 e. The third-order valence-corrected chi connectivity index (χ3v) is 3.42. The predicted octanol–water partition coefficient (Wildman–Crippen LogP) is 1.54. The molecule has 0 radical (unpaired) electrons. The van der Waals surface area contributed by atoms with Crippen molar-refractivity contribution in [1.82, 2.24) is 10.2 Å². The molecule has 1 rings (SSSR count). The van der Waals surface area contributed by atoms with Crippen LogP contribution in [-0.4, -0.2) is 48.9 Å². The lowest BCUT2D eigenvalue weighted by atomic mass is 10.1. The van der Waals surface area contributed by atoms with Crippen molar-refractivity contribution < 1.29 is 19.1 Å². The Morgan fingerprint density at radius 3 is 2.46 bits per heavy atom. The Labute approximate surface area is 143 Å². The van der Waals surface area contributed by atoms with Crippen LogP contribution in [0.2, 0.25) is 0 Å². The summed E-state index contributed by atoms with van der Waals surface area (Å²) in [6.45, 7) is 4.86. The molecule has 6 heteroatoms. The molecule has 24 heavy (non-hydrogen) atoms. The zero-order valence-electron chi connectivity index (χ0n) is 14.4. The molecule has 0 saturated heterocycles. The summed E-state index contributed by atoms with van der Waals surface area (Å²) in [5, 5.41) is 2.71. The topological polar surface area (TPSA) is 75.7 Å². The largest absolute Gasteiger partial charge is 0.466 e. The van der Waals surface area contributed by atoms with E-state index in [0.29, 0.717) is 39.1 Å². The summed E-state index contributed by atoms with van der Waals surface area (Å²) in [7, 11) is 0. The Kier molecular flexibility index (Phi) is 9.19. The standard InChI is InChI=1S/C18H26N2O4/c1-3-24-18(23)10-13-20(12-7-11-19-15(2)21)17(22)14-16-8-5-4-6-9-16/h4-6,8-9H,3,7,10-14H2,1-2H3,(H,19,21). The molecule has 0 saturated carbocycles. The van der Waals surface area contributed by atoms with E-state index in [1.807, 2.05) is 30.3 Å². The summed E-state index contributed by atoms with van der Waals surface area (Å²) < 4.78 is 4.91. The number of nitrogens with zero attached hydrogens (tertiary/aromatic N) is 1. The number of benzene rings is 1. The van der Waals surface area contributed by atoms with Crippen molar-refractivity contribution in [3.05, 3.63) is 35.9 Å². The number of carbonyl (C=O) groups is 3. The molecule has 1 aromatic carbocycles. The number of hydrogen-bond donors (Lipinski definition) is 1. The number of carbonyl (C=O) groups excluding carboxylic acids is 3. The van der Waals surface area contributed by atoms with Gasteiger partial charge in [-0.3, -0.25) is 14.4 Å².